The van der Waals surface area contributed by atoms with E-state index < -0.39 is 12.1 Å². The number of aliphatic hydroxyl groups is 1. The molecule has 1 aliphatic heterocycles. The number of hydrogen-bond acceptors (Lipinski definition) is 4. The van der Waals surface area contributed by atoms with Gasteiger partial charge in [-0.1, -0.05) is 29.3 Å². The minimum absolute atomic E-state index is 0.0253. The number of allylic oxidation sites excluding steroid dienone is 6. The van der Waals surface area contributed by atoms with Crippen LogP contribution in [-0.2, 0) is 4.79 Å². The van der Waals surface area contributed by atoms with Crippen molar-refractivity contribution in [2.45, 2.75) is 64.2 Å². The number of rotatable bonds is 7. The smallest absolute Gasteiger partial charge is 0.224 e. The molecule has 0 bridgehead atoms. The molecule has 1 amide bonds. The number of likely N-dealkylation sites (tertiary alicyclic amines) is 1. The minimum Gasteiger partial charge on any atom is -0.508 e. The average molecular weight is 466 g/mol. The van der Waals surface area contributed by atoms with E-state index in [4.69, 9.17) is 17.3 Å². The first-order valence-corrected chi connectivity index (χ1v) is 12.0. The first kappa shape index (κ1) is 25.0. The van der Waals surface area contributed by atoms with Crippen molar-refractivity contribution in [2.24, 2.45) is 23.5 Å². The van der Waals surface area contributed by atoms with Crippen molar-refractivity contribution in [3.05, 3.63) is 46.7 Å². The van der Waals surface area contributed by atoms with Crippen molar-refractivity contribution >= 4 is 17.5 Å². The van der Waals surface area contributed by atoms with Gasteiger partial charge in [0.15, 0.2) is 0 Å². The third-order valence-electron chi connectivity index (χ3n) is 6.93. The van der Waals surface area contributed by atoms with Crippen molar-refractivity contribution in [2.75, 3.05) is 19.6 Å². The Morgan fingerprint density at radius 2 is 2.09 bits per heavy atom. The van der Waals surface area contributed by atoms with E-state index in [2.05, 4.69) is 31.0 Å². The van der Waals surface area contributed by atoms with Crippen molar-refractivity contribution in [1.82, 2.24) is 10.2 Å². The van der Waals surface area contributed by atoms with Crippen LogP contribution in [0.1, 0.15) is 46.5 Å². The van der Waals surface area contributed by atoms with E-state index in [0.29, 0.717) is 19.6 Å². The van der Waals surface area contributed by atoms with Gasteiger partial charge in [-0.05, 0) is 70.6 Å². The van der Waals surface area contributed by atoms with Gasteiger partial charge in [0, 0.05) is 42.2 Å². The molecule has 2 aliphatic carbocycles. The molecule has 3 aliphatic rings. The lowest BCUT2D eigenvalue weighted by molar-refractivity contribution is -0.126. The fourth-order valence-electron chi connectivity index (χ4n) is 4.86. The first-order valence-electron chi connectivity index (χ1n) is 11.6. The average Bonchev–Trinajstić information content (AvgIpc) is 3.17. The minimum atomic E-state index is -1.29. The van der Waals surface area contributed by atoms with E-state index in [1.165, 1.54) is 11.6 Å². The molecule has 1 heterocycles. The molecule has 0 aromatic carbocycles. The van der Waals surface area contributed by atoms with Crippen LogP contribution in [0, 0.1) is 17.8 Å². The Kier molecular flexibility index (Phi) is 8.23. The van der Waals surface area contributed by atoms with Crippen molar-refractivity contribution in [3.63, 3.8) is 0 Å². The van der Waals surface area contributed by atoms with E-state index in [1.807, 2.05) is 12.2 Å². The lowest BCUT2D eigenvalue weighted by Crippen LogP contribution is -2.41. The second-order valence-corrected chi connectivity index (χ2v) is 10.7. The molecule has 178 valence electrons. The number of amides is 1. The van der Waals surface area contributed by atoms with Crippen LogP contribution in [0.15, 0.2) is 46.7 Å². The zero-order valence-corrected chi connectivity index (χ0v) is 20.1. The highest BCUT2D eigenvalue weighted by molar-refractivity contribution is 6.29. The molecule has 0 radical (unpaired) electrons. The van der Waals surface area contributed by atoms with Gasteiger partial charge in [0.1, 0.15) is 11.9 Å². The maximum absolute atomic E-state index is 14.7. The summed E-state index contributed by atoms with van der Waals surface area (Å²) in [6.45, 7) is 8.15. The molecule has 4 unspecified atom stereocenters. The summed E-state index contributed by atoms with van der Waals surface area (Å²) in [4.78, 5) is 15.4. The number of nitrogens with one attached hydrogen (secondary N) is 1. The summed E-state index contributed by atoms with van der Waals surface area (Å²) >= 11 is 6.01. The normalized spacial score (nSPS) is 29.9. The molecule has 3 rings (SSSR count). The molecular formula is C25H37ClFN3O2. The van der Waals surface area contributed by atoms with Gasteiger partial charge in [-0.3, -0.25) is 9.69 Å². The molecule has 0 aromatic heterocycles. The van der Waals surface area contributed by atoms with E-state index >= 15 is 0 Å². The largest absolute Gasteiger partial charge is 0.508 e. The summed E-state index contributed by atoms with van der Waals surface area (Å²) in [6.07, 6.45) is 10.4. The monoisotopic (exact) mass is 465 g/mol. The van der Waals surface area contributed by atoms with Crippen molar-refractivity contribution in [1.29, 1.82) is 0 Å². The number of aliphatic hydroxyl groups excluding tert-OH is 1. The van der Waals surface area contributed by atoms with E-state index in [9.17, 15) is 14.3 Å². The fraction of sp³-hybridized carbons (Fsp3) is 0.640. The zero-order valence-electron chi connectivity index (χ0n) is 19.4. The van der Waals surface area contributed by atoms with Gasteiger partial charge in [-0.25, -0.2) is 4.39 Å². The van der Waals surface area contributed by atoms with Crippen LogP contribution in [0.25, 0.3) is 0 Å². The van der Waals surface area contributed by atoms with Gasteiger partial charge in [0.25, 0.3) is 0 Å². The number of nitrogens with two attached hydrogens (primary N) is 1. The molecule has 7 heteroatoms. The Morgan fingerprint density at radius 3 is 2.72 bits per heavy atom. The molecule has 4 N–H and O–H groups in total. The van der Waals surface area contributed by atoms with Crippen LogP contribution in [0.3, 0.4) is 0 Å². The molecule has 1 fully saturated rings. The van der Waals surface area contributed by atoms with Gasteiger partial charge in [0.2, 0.25) is 5.91 Å². The van der Waals surface area contributed by atoms with Gasteiger partial charge in [0.05, 0.1) is 5.92 Å². The second kappa shape index (κ2) is 10.5. The molecular weight excluding hydrogens is 429 g/mol. The van der Waals surface area contributed by atoms with Crippen molar-refractivity contribution < 1.29 is 14.3 Å². The molecule has 0 aromatic rings. The SMILES string of the molecule is CC(C)(C)N1CC(C(=O)NCCCC(N)C2=CC=C(Cl)CC2)[C@H](C2C=CC(O)=CC2F)C1. The zero-order chi connectivity index (χ0) is 23.5. The van der Waals surface area contributed by atoms with Gasteiger partial charge < -0.3 is 16.2 Å². The summed E-state index contributed by atoms with van der Waals surface area (Å²) in [5.74, 6) is -0.932. The predicted octanol–water partition coefficient (Wildman–Crippen LogP) is 4.37. The topological polar surface area (TPSA) is 78.6 Å². The highest BCUT2D eigenvalue weighted by atomic mass is 35.5. The van der Waals surface area contributed by atoms with Crippen LogP contribution in [0.4, 0.5) is 4.39 Å². The number of halogens is 2. The van der Waals surface area contributed by atoms with Crippen LogP contribution in [-0.4, -0.2) is 53.3 Å². The highest BCUT2D eigenvalue weighted by Gasteiger charge is 2.46. The number of alkyl halides is 1. The Bertz CT molecular complexity index is 814. The summed E-state index contributed by atoms with van der Waals surface area (Å²) in [5.41, 5.74) is 7.41. The Morgan fingerprint density at radius 1 is 1.34 bits per heavy atom. The molecule has 0 spiro atoms. The number of hydrogen-bond donors (Lipinski definition) is 3. The molecule has 32 heavy (non-hydrogen) atoms. The third kappa shape index (κ3) is 6.24. The lowest BCUT2D eigenvalue weighted by atomic mass is 9.79. The molecule has 1 saturated heterocycles. The van der Waals surface area contributed by atoms with Crippen LogP contribution in [0.2, 0.25) is 0 Å². The quantitative estimate of drug-likeness (QED) is 0.488. The van der Waals surface area contributed by atoms with Gasteiger partial charge >= 0.3 is 0 Å². The highest BCUT2D eigenvalue weighted by Crippen LogP contribution is 2.38. The van der Waals surface area contributed by atoms with Crippen molar-refractivity contribution in [3.8, 4) is 0 Å². The fourth-order valence-corrected chi connectivity index (χ4v) is 5.01. The van der Waals surface area contributed by atoms with Crippen LogP contribution >= 0.6 is 11.6 Å². The molecule has 0 saturated carbocycles. The maximum Gasteiger partial charge on any atom is 0.224 e. The van der Waals surface area contributed by atoms with Gasteiger partial charge in [-0.2, -0.15) is 0 Å². The lowest BCUT2D eigenvalue weighted by Gasteiger charge is -2.32. The summed E-state index contributed by atoms with van der Waals surface area (Å²) in [5, 5.41) is 13.5. The number of carbonyl (C=O) groups is 1. The Balaban J connectivity index is 1.56. The summed E-state index contributed by atoms with van der Waals surface area (Å²) in [7, 11) is 0. The third-order valence-corrected chi connectivity index (χ3v) is 7.24. The number of nitrogens with zero attached hydrogens (tertiary/aromatic N) is 1. The van der Waals surface area contributed by atoms with Crippen LogP contribution < -0.4 is 11.1 Å². The van der Waals surface area contributed by atoms with E-state index in [1.54, 1.807) is 12.2 Å². The second-order valence-electron chi connectivity index (χ2n) is 10.2. The molecule has 5 atom stereocenters. The molecule has 5 nitrogen and oxygen atoms in total. The number of carbonyl (C=O) groups excluding carboxylic acids is 1. The maximum atomic E-state index is 14.7. The summed E-state index contributed by atoms with van der Waals surface area (Å²) in [6, 6.07) is -0.0253. The first-order chi connectivity index (χ1) is 15.1. The van der Waals surface area contributed by atoms with E-state index in [-0.39, 0.29) is 35.1 Å². The predicted molar refractivity (Wildman–Crippen MR) is 128 cm³/mol. The van der Waals surface area contributed by atoms with Crippen LogP contribution in [0.5, 0.6) is 0 Å². The Hall–Kier alpha value is -1.63. The van der Waals surface area contributed by atoms with Gasteiger partial charge in [-0.15, -0.1) is 0 Å². The summed E-state index contributed by atoms with van der Waals surface area (Å²) < 4.78 is 14.7. The van der Waals surface area contributed by atoms with E-state index in [0.717, 1.165) is 30.7 Å². The standard InChI is InChI=1S/C25H37ClFN3O2/c1-25(2,3)30-14-20(19-11-10-18(31)13-22(19)27)21(15-30)24(32)29-12-4-5-23(28)16-6-8-17(26)9-7-16/h6,8,10-11,13,19-23,31H,4-5,7,9,12,14-15,28H2,1-3H3,(H,29,32)/t19?,20-,21?,22?,23?/m0/s1. The Labute approximate surface area is 196 Å².